The summed E-state index contributed by atoms with van der Waals surface area (Å²) in [5.74, 6) is 1.95. The lowest BCUT2D eigenvalue weighted by molar-refractivity contribution is 0.197. The zero-order chi connectivity index (χ0) is 19.1. The molecule has 2 amide bonds. The van der Waals surface area contributed by atoms with Crippen LogP contribution in [-0.2, 0) is 6.54 Å². The molecule has 150 valence electrons. The standard InChI is InChI=1S/C20H29N7O/c1-2-25-13-23-17-18(25)21-12-22-19(17)26-8-14-10-27(11-15(14)9-26)20(28)24-16-6-4-3-5-7-16/h12-16H,2-11H2,1H3,(H,24,28). The fourth-order valence-corrected chi connectivity index (χ4v) is 5.18. The largest absolute Gasteiger partial charge is 0.354 e. The Labute approximate surface area is 165 Å². The highest BCUT2D eigenvalue weighted by Gasteiger charge is 2.42. The second-order valence-electron chi connectivity index (χ2n) is 8.51. The van der Waals surface area contributed by atoms with Crippen molar-refractivity contribution in [2.24, 2.45) is 11.8 Å². The Bertz CT molecular complexity index is 845. The van der Waals surface area contributed by atoms with Crippen LogP contribution in [0, 0.1) is 11.8 Å². The van der Waals surface area contributed by atoms with Gasteiger partial charge in [-0.1, -0.05) is 19.3 Å². The van der Waals surface area contributed by atoms with Gasteiger partial charge in [0.1, 0.15) is 6.33 Å². The van der Waals surface area contributed by atoms with Gasteiger partial charge in [0.2, 0.25) is 0 Å². The van der Waals surface area contributed by atoms with Crippen LogP contribution in [0.15, 0.2) is 12.7 Å². The van der Waals surface area contributed by atoms with Crippen molar-refractivity contribution in [1.82, 2.24) is 29.7 Å². The van der Waals surface area contributed by atoms with E-state index in [0.29, 0.717) is 17.9 Å². The Morgan fingerprint density at radius 2 is 1.82 bits per heavy atom. The first-order valence-electron chi connectivity index (χ1n) is 10.7. The van der Waals surface area contributed by atoms with Crippen molar-refractivity contribution in [2.45, 2.75) is 51.6 Å². The van der Waals surface area contributed by atoms with Crippen molar-refractivity contribution in [3.8, 4) is 0 Å². The van der Waals surface area contributed by atoms with Crippen LogP contribution in [0.25, 0.3) is 11.2 Å². The number of nitrogens with one attached hydrogen (secondary N) is 1. The lowest BCUT2D eigenvalue weighted by atomic mass is 9.96. The number of hydrogen-bond donors (Lipinski definition) is 1. The number of carbonyl (C=O) groups excluding carboxylic acids is 1. The van der Waals surface area contributed by atoms with E-state index in [2.05, 4.69) is 36.7 Å². The zero-order valence-electron chi connectivity index (χ0n) is 16.5. The van der Waals surface area contributed by atoms with E-state index < -0.39 is 0 Å². The first-order valence-corrected chi connectivity index (χ1v) is 10.7. The molecule has 4 heterocycles. The lowest BCUT2D eigenvalue weighted by Crippen LogP contribution is -2.45. The summed E-state index contributed by atoms with van der Waals surface area (Å²) in [4.78, 5) is 30.5. The molecular formula is C20H29N7O. The van der Waals surface area contributed by atoms with E-state index in [1.54, 1.807) is 6.33 Å². The number of hydrogen-bond acceptors (Lipinski definition) is 5. The average molecular weight is 384 g/mol. The summed E-state index contributed by atoms with van der Waals surface area (Å²) in [6, 6.07) is 0.514. The minimum Gasteiger partial charge on any atom is -0.354 e. The second-order valence-corrected chi connectivity index (χ2v) is 8.51. The lowest BCUT2D eigenvalue weighted by Gasteiger charge is -2.27. The molecule has 8 nitrogen and oxygen atoms in total. The highest BCUT2D eigenvalue weighted by molar-refractivity contribution is 5.83. The molecular weight excluding hydrogens is 354 g/mol. The topological polar surface area (TPSA) is 79.2 Å². The molecule has 2 saturated heterocycles. The van der Waals surface area contributed by atoms with E-state index in [9.17, 15) is 4.79 Å². The smallest absolute Gasteiger partial charge is 0.317 e. The third-order valence-corrected chi connectivity index (χ3v) is 6.73. The third-order valence-electron chi connectivity index (χ3n) is 6.73. The van der Waals surface area contributed by atoms with Crippen LogP contribution in [-0.4, -0.2) is 62.7 Å². The summed E-state index contributed by atoms with van der Waals surface area (Å²) in [6.07, 6.45) is 9.55. The van der Waals surface area contributed by atoms with Gasteiger partial charge in [-0.15, -0.1) is 0 Å². The fourth-order valence-electron chi connectivity index (χ4n) is 5.18. The molecule has 1 N–H and O–H groups in total. The number of urea groups is 1. The number of carbonyl (C=O) groups is 1. The molecule has 0 radical (unpaired) electrons. The van der Waals surface area contributed by atoms with Crippen LogP contribution in [0.5, 0.6) is 0 Å². The SMILES string of the molecule is CCn1cnc2c(N3CC4CN(C(=O)NC5CCCCC5)CC4C3)ncnc21. The van der Waals surface area contributed by atoms with Gasteiger partial charge < -0.3 is 19.7 Å². The summed E-state index contributed by atoms with van der Waals surface area (Å²) < 4.78 is 2.05. The third kappa shape index (κ3) is 3.08. The van der Waals surface area contributed by atoms with E-state index in [1.165, 1.54) is 19.3 Å². The van der Waals surface area contributed by atoms with Gasteiger partial charge >= 0.3 is 6.03 Å². The number of aromatic nitrogens is 4. The second kappa shape index (κ2) is 7.22. The Morgan fingerprint density at radius 3 is 2.54 bits per heavy atom. The number of nitrogens with zero attached hydrogens (tertiary/aromatic N) is 6. The molecule has 2 aromatic rings. The Kier molecular flexibility index (Phi) is 4.56. The van der Waals surface area contributed by atoms with E-state index >= 15 is 0 Å². The molecule has 5 rings (SSSR count). The molecule has 2 atom stereocenters. The minimum absolute atomic E-state index is 0.138. The van der Waals surface area contributed by atoms with E-state index in [-0.39, 0.29) is 6.03 Å². The zero-order valence-corrected chi connectivity index (χ0v) is 16.5. The van der Waals surface area contributed by atoms with Gasteiger partial charge in [0.25, 0.3) is 0 Å². The monoisotopic (exact) mass is 383 g/mol. The molecule has 3 fully saturated rings. The number of imidazole rings is 1. The number of aryl methyl sites for hydroxylation is 1. The van der Waals surface area contributed by atoms with Crippen molar-refractivity contribution in [1.29, 1.82) is 0 Å². The number of anilines is 1. The highest BCUT2D eigenvalue weighted by Crippen LogP contribution is 2.35. The molecule has 0 spiro atoms. The minimum atomic E-state index is 0.138. The van der Waals surface area contributed by atoms with Crippen molar-refractivity contribution in [2.75, 3.05) is 31.1 Å². The van der Waals surface area contributed by atoms with E-state index in [0.717, 1.165) is 62.5 Å². The number of fused-ring (bicyclic) bond motifs is 2. The van der Waals surface area contributed by atoms with E-state index in [1.807, 2.05) is 11.2 Å². The molecule has 28 heavy (non-hydrogen) atoms. The van der Waals surface area contributed by atoms with Crippen molar-refractivity contribution < 1.29 is 4.79 Å². The fraction of sp³-hybridized carbons (Fsp3) is 0.700. The van der Waals surface area contributed by atoms with Gasteiger partial charge in [0.15, 0.2) is 17.0 Å². The maximum Gasteiger partial charge on any atom is 0.317 e. The first kappa shape index (κ1) is 17.7. The van der Waals surface area contributed by atoms with Crippen LogP contribution in [0.3, 0.4) is 0 Å². The number of likely N-dealkylation sites (tertiary alicyclic amines) is 1. The van der Waals surface area contributed by atoms with Crippen LogP contribution in [0.4, 0.5) is 10.6 Å². The van der Waals surface area contributed by atoms with Crippen LogP contribution in [0.1, 0.15) is 39.0 Å². The molecule has 1 saturated carbocycles. The number of rotatable bonds is 3. The summed E-state index contributed by atoms with van der Waals surface area (Å²) in [6.45, 7) is 6.50. The van der Waals surface area contributed by atoms with Gasteiger partial charge in [-0.25, -0.2) is 19.7 Å². The molecule has 1 aliphatic carbocycles. The van der Waals surface area contributed by atoms with Gasteiger partial charge in [-0.05, 0) is 19.8 Å². The van der Waals surface area contributed by atoms with Crippen molar-refractivity contribution in [3.63, 3.8) is 0 Å². The molecule has 0 aromatic carbocycles. The highest BCUT2D eigenvalue weighted by atomic mass is 16.2. The summed E-state index contributed by atoms with van der Waals surface area (Å²) in [5, 5.41) is 3.27. The molecule has 8 heteroatoms. The van der Waals surface area contributed by atoms with Gasteiger partial charge in [-0.3, -0.25) is 0 Å². The van der Waals surface area contributed by atoms with Crippen molar-refractivity contribution >= 4 is 23.0 Å². The maximum absolute atomic E-state index is 12.7. The summed E-state index contributed by atoms with van der Waals surface area (Å²) in [7, 11) is 0. The quantitative estimate of drug-likeness (QED) is 0.879. The van der Waals surface area contributed by atoms with Crippen molar-refractivity contribution in [3.05, 3.63) is 12.7 Å². The first-order chi connectivity index (χ1) is 13.7. The molecule has 0 bridgehead atoms. The van der Waals surface area contributed by atoms with Crippen LogP contribution in [0.2, 0.25) is 0 Å². The average Bonchev–Trinajstić information content (AvgIpc) is 3.41. The van der Waals surface area contributed by atoms with Gasteiger partial charge in [0.05, 0.1) is 6.33 Å². The Balaban J connectivity index is 1.24. The van der Waals surface area contributed by atoms with Gasteiger partial charge in [0, 0.05) is 50.6 Å². The Hall–Kier alpha value is -2.38. The molecule has 3 aliphatic rings. The normalized spacial score (nSPS) is 25.5. The predicted octanol–water partition coefficient (Wildman–Crippen LogP) is 2.26. The molecule has 2 aromatic heterocycles. The number of amides is 2. The maximum atomic E-state index is 12.7. The summed E-state index contributed by atoms with van der Waals surface area (Å²) >= 11 is 0. The molecule has 2 aliphatic heterocycles. The summed E-state index contributed by atoms with van der Waals surface area (Å²) in [5.41, 5.74) is 1.79. The predicted molar refractivity (Wildman–Crippen MR) is 107 cm³/mol. The van der Waals surface area contributed by atoms with Gasteiger partial charge in [-0.2, -0.15) is 0 Å². The van der Waals surface area contributed by atoms with E-state index in [4.69, 9.17) is 0 Å². The van der Waals surface area contributed by atoms with Crippen LogP contribution < -0.4 is 10.2 Å². The van der Waals surface area contributed by atoms with Crippen LogP contribution >= 0.6 is 0 Å². The Morgan fingerprint density at radius 1 is 1.07 bits per heavy atom. The molecule has 2 unspecified atom stereocenters.